The van der Waals surface area contributed by atoms with Gasteiger partial charge in [-0.05, 0) is 12.8 Å². The SMILES string of the molecule is OCCn1ncnc1-c1cn[nH]c1C1CCCCC1. The highest BCUT2D eigenvalue weighted by atomic mass is 16.3. The van der Waals surface area contributed by atoms with E-state index in [0.717, 1.165) is 11.4 Å². The molecule has 1 saturated carbocycles. The van der Waals surface area contributed by atoms with Crippen molar-refractivity contribution >= 4 is 0 Å². The molecule has 2 heterocycles. The second kappa shape index (κ2) is 5.52. The Labute approximate surface area is 111 Å². The van der Waals surface area contributed by atoms with Crippen LogP contribution in [0.3, 0.4) is 0 Å². The average Bonchev–Trinajstić information content (AvgIpc) is 3.08. The lowest BCUT2D eigenvalue weighted by molar-refractivity contribution is 0.270. The van der Waals surface area contributed by atoms with Gasteiger partial charge in [0.05, 0.1) is 24.9 Å². The minimum absolute atomic E-state index is 0.0625. The molecule has 1 aliphatic rings. The summed E-state index contributed by atoms with van der Waals surface area (Å²) in [6.07, 6.45) is 9.68. The number of aromatic amines is 1. The van der Waals surface area contributed by atoms with Crippen molar-refractivity contribution in [2.75, 3.05) is 6.61 Å². The highest BCUT2D eigenvalue weighted by Gasteiger charge is 2.23. The molecule has 19 heavy (non-hydrogen) atoms. The second-order valence-electron chi connectivity index (χ2n) is 5.06. The molecule has 1 aliphatic carbocycles. The van der Waals surface area contributed by atoms with E-state index in [1.54, 1.807) is 4.68 Å². The molecule has 0 aliphatic heterocycles. The molecule has 3 rings (SSSR count). The van der Waals surface area contributed by atoms with Crippen LogP contribution in [-0.2, 0) is 6.54 Å². The predicted molar refractivity (Wildman–Crippen MR) is 70.5 cm³/mol. The lowest BCUT2D eigenvalue weighted by atomic mass is 9.85. The molecule has 102 valence electrons. The van der Waals surface area contributed by atoms with Gasteiger partial charge in [0.15, 0.2) is 5.82 Å². The molecule has 0 spiro atoms. The van der Waals surface area contributed by atoms with Gasteiger partial charge in [0.2, 0.25) is 0 Å². The fourth-order valence-corrected chi connectivity index (χ4v) is 2.91. The summed E-state index contributed by atoms with van der Waals surface area (Å²) in [7, 11) is 0. The van der Waals surface area contributed by atoms with E-state index in [1.165, 1.54) is 44.1 Å². The van der Waals surface area contributed by atoms with E-state index in [4.69, 9.17) is 5.11 Å². The van der Waals surface area contributed by atoms with Crippen molar-refractivity contribution in [3.63, 3.8) is 0 Å². The average molecular weight is 261 g/mol. The van der Waals surface area contributed by atoms with Crippen LogP contribution in [0, 0.1) is 0 Å². The molecule has 0 unspecified atom stereocenters. The van der Waals surface area contributed by atoms with Crippen LogP contribution in [-0.4, -0.2) is 36.7 Å². The fourth-order valence-electron chi connectivity index (χ4n) is 2.91. The quantitative estimate of drug-likeness (QED) is 0.878. The molecule has 2 aromatic rings. The zero-order valence-electron chi connectivity index (χ0n) is 10.9. The number of aromatic nitrogens is 5. The first-order valence-electron chi connectivity index (χ1n) is 6.92. The summed E-state index contributed by atoms with van der Waals surface area (Å²) in [6.45, 7) is 0.525. The molecule has 0 saturated heterocycles. The number of rotatable bonds is 4. The molecule has 2 N–H and O–H groups in total. The van der Waals surface area contributed by atoms with E-state index < -0.39 is 0 Å². The standard InChI is InChI=1S/C13H19N5O/c19-7-6-18-13(14-9-16-18)11-8-15-17-12(11)10-4-2-1-3-5-10/h8-10,19H,1-7H2,(H,15,17). The molecule has 0 atom stereocenters. The van der Waals surface area contributed by atoms with Gasteiger partial charge >= 0.3 is 0 Å². The van der Waals surface area contributed by atoms with Gasteiger partial charge in [-0.25, -0.2) is 9.67 Å². The molecule has 0 radical (unpaired) electrons. The Hall–Kier alpha value is -1.69. The summed E-state index contributed by atoms with van der Waals surface area (Å²) < 4.78 is 1.73. The Morgan fingerprint density at radius 2 is 2.16 bits per heavy atom. The van der Waals surface area contributed by atoms with Crippen LogP contribution in [0.4, 0.5) is 0 Å². The van der Waals surface area contributed by atoms with Crippen molar-refractivity contribution in [2.45, 2.75) is 44.6 Å². The van der Waals surface area contributed by atoms with Crippen LogP contribution >= 0.6 is 0 Å². The van der Waals surface area contributed by atoms with Gasteiger partial charge < -0.3 is 5.11 Å². The van der Waals surface area contributed by atoms with E-state index in [0.29, 0.717) is 12.5 Å². The maximum Gasteiger partial charge on any atom is 0.161 e. The molecular weight excluding hydrogens is 242 g/mol. The van der Waals surface area contributed by atoms with Gasteiger partial charge in [0.1, 0.15) is 6.33 Å². The van der Waals surface area contributed by atoms with Gasteiger partial charge in [-0.3, -0.25) is 5.10 Å². The second-order valence-corrected chi connectivity index (χ2v) is 5.06. The van der Waals surface area contributed by atoms with Gasteiger partial charge in [-0.1, -0.05) is 19.3 Å². The summed E-state index contributed by atoms with van der Waals surface area (Å²) in [4.78, 5) is 4.31. The molecule has 0 amide bonds. The summed E-state index contributed by atoms with van der Waals surface area (Å²) in [6, 6.07) is 0. The van der Waals surface area contributed by atoms with E-state index in [-0.39, 0.29) is 6.61 Å². The van der Waals surface area contributed by atoms with Gasteiger partial charge in [0.25, 0.3) is 0 Å². The Kier molecular flexibility index (Phi) is 3.59. The number of nitrogens with zero attached hydrogens (tertiary/aromatic N) is 4. The molecular formula is C13H19N5O. The third-order valence-electron chi connectivity index (χ3n) is 3.85. The van der Waals surface area contributed by atoms with Gasteiger partial charge in [-0.15, -0.1) is 0 Å². The normalized spacial score (nSPS) is 16.9. The van der Waals surface area contributed by atoms with Crippen LogP contribution in [0.25, 0.3) is 11.4 Å². The Morgan fingerprint density at radius 1 is 1.32 bits per heavy atom. The molecule has 2 aromatic heterocycles. The zero-order chi connectivity index (χ0) is 13.1. The van der Waals surface area contributed by atoms with E-state index in [2.05, 4.69) is 20.3 Å². The third-order valence-corrected chi connectivity index (χ3v) is 3.85. The first-order chi connectivity index (χ1) is 9.40. The lowest BCUT2D eigenvalue weighted by Crippen LogP contribution is -2.09. The van der Waals surface area contributed by atoms with Crippen LogP contribution < -0.4 is 0 Å². The van der Waals surface area contributed by atoms with Gasteiger partial charge in [-0.2, -0.15) is 10.2 Å². The van der Waals surface area contributed by atoms with Crippen molar-refractivity contribution in [3.8, 4) is 11.4 Å². The topological polar surface area (TPSA) is 79.6 Å². The number of hydrogen-bond donors (Lipinski definition) is 2. The number of nitrogens with one attached hydrogen (secondary N) is 1. The summed E-state index contributed by atoms with van der Waals surface area (Å²) in [5.74, 6) is 1.34. The van der Waals surface area contributed by atoms with E-state index >= 15 is 0 Å². The lowest BCUT2D eigenvalue weighted by Gasteiger charge is -2.21. The first-order valence-corrected chi connectivity index (χ1v) is 6.92. The number of hydrogen-bond acceptors (Lipinski definition) is 4. The van der Waals surface area contributed by atoms with E-state index in [9.17, 15) is 0 Å². The molecule has 6 heteroatoms. The van der Waals surface area contributed by atoms with Crippen molar-refractivity contribution in [2.24, 2.45) is 0 Å². The molecule has 1 fully saturated rings. The van der Waals surface area contributed by atoms with Crippen molar-refractivity contribution < 1.29 is 5.11 Å². The fraction of sp³-hybridized carbons (Fsp3) is 0.615. The molecule has 6 nitrogen and oxygen atoms in total. The van der Waals surface area contributed by atoms with Crippen LogP contribution in [0.5, 0.6) is 0 Å². The molecule has 0 aromatic carbocycles. The van der Waals surface area contributed by atoms with Crippen molar-refractivity contribution in [3.05, 3.63) is 18.2 Å². The van der Waals surface area contributed by atoms with Crippen molar-refractivity contribution in [1.82, 2.24) is 25.0 Å². The van der Waals surface area contributed by atoms with Crippen LogP contribution in [0.15, 0.2) is 12.5 Å². The number of H-pyrrole nitrogens is 1. The Balaban J connectivity index is 1.92. The Bertz CT molecular complexity index is 527. The summed E-state index contributed by atoms with van der Waals surface area (Å²) in [5, 5.41) is 20.5. The van der Waals surface area contributed by atoms with Crippen molar-refractivity contribution in [1.29, 1.82) is 0 Å². The minimum Gasteiger partial charge on any atom is -0.394 e. The highest BCUT2D eigenvalue weighted by molar-refractivity contribution is 5.58. The van der Waals surface area contributed by atoms with Gasteiger partial charge in [0, 0.05) is 11.6 Å². The zero-order valence-corrected chi connectivity index (χ0v) is 10.9. The summed E-state index contributed by atoms with van der Waals surface area (Å²) in [5.41, 5.74) is 2.20. The number of aliphatic hydroxyl groups is 1. The summed E-state index contributed by atoms with van der Waals surface area (Å²) >= 11 is 0. The number of aliphatic hydroxyl groups excluding tert-OH is 1. The predicted octanol–water partition coefficient (Wildman–Crippen LogP) is 1.71. The maximum absolute atomic E-state index is 9.07. The largest absolute Gasteiger partial charge is 0.394 e. The Morgan fingerprint density at radius 3 is 2.95 bits per heavy atom. The van der Waals surface area contributed by atoms with E-state index in [1.807, 2.05) is 6.20 Å². The monoisotopic (exact) mass is 261 g/mol. The first kappa shape index (κ1) is 12.3. The molecule has 0 bridgehead atoms. The van der Waals surface area contributed by atoms with Crippen LogP contribution in [0.2, 0.25) is 0 Å². The maximum atomic E-state index is 9.07. The van der Waals surface area contributed by atoms with Crippen LogP contribution in [0.1, 0.15) is 43.7 Å². The third kappa shape index (κ3) is 2.40. The minimum atomic E-state index is 0.0625. The highest BCUT2D eigenvalue weighted by Crippen LogP contribution is 2.36. The smallest absolute Gasteiger partial charge is 0.161 e.